The average molecular weight is 443 g/mol. The van der Waals surface area contributed by atoms with Gasteiger partial charge in [0.25, 0.3) is 0 Å². The lowest BCUT2D eigenvalue weighted by Gasteiger charge is -2.62. The summed E-state index contributed by atoms with van der Waals surface area (Å²) in [6.07, 6.45) is 14.1. The largest absolute Gasteiger partial charge is 0.396 e. The van der Waals surface area contributed by atoms with Crippen molar-refractivity contribution in [1.82, 2.24) is 0 Å². The fourth-order valence-electron chi connectivity index (χ4n) is 9.48. The molecule has 0 radical (unpaired) electrons. The van der Waals surface area contributed by atoms with Crippen LogP contribution in [0.25, 0.3) is 0 Å². The second kappa shape index (κ2) is 8.26. The molecule has 0 spiro atoms. The van der Waals surface area contributed by atoms with Gasteiger partial charge in [0, 0.05) is 6.61 Å². The van der Waals surface area contributed by atoms with Crippen LogP contribution in [0.1, 0.15) is 113 Å². The molecule has 2 heteroatoms. The Morgan fingerprint density at radius 3 is 2.34 bits per heavy atom. The van der Waals surface area contributed by atoms with Gasteiger partial charge in [0.15, 0.2) is 0 Å². The van der Waals surface area contributed by atoms with Crippen molar-refractivity contribution in [2.45, 2.75) is 119 Å². The lowest BCUT2D eigenvalue weighted by molar-refractivity contribution is -0.0966. The predicted molar refractivity (Wildman–Crippen MR) is 134 cm³/mol. The summed E-state index contributed by atoms with van der Waals surface area (Å²) in [7, 11) is 0. The molecule has 0 unspecified atom stereocenters. The zero-order valence-corrected chi connectivity index (χ0v) is 22.1. The molecule has 0 aromatic carbocycles. The fourth-order valence-corrected chi connectivity index (χ4v) is 9.48. The Labute approximate surface area is 198 Å². The minimum absolute atomic E-state index is 0.0122. The van der Waals surface area contributed by atoms with Crippen molar-refractivity contribution in [3.05, 3.63) is 22.8 Å². The van der Waals surface area contributed by atoms with E-state index in [1.165, 1.54) is 44.1 Å². The van der Waals surface area contributed by atoms with Gasteiger partial charge in [-0.3, -0.25) is 0 Å². The molecule has 4 rings (SSSR count). The van der Waals surface area contributed by atoms with E-state index in [9.17, 15) is 10.2 Å². The Morgan fingerprint density at radius 1 is 0.969 bits per heavy atom. The lowest BCUT2D eigenvalue weighted by atomic mass is 9.43. The molecule has 7 atom stereocenters. The van der Waals surface area contributed by atoms with Gasteiger partial charge >= 0.3 is 0 Å². The van der Waals surface area contributed by atoms with Crippen molar-refractivity contribution in [2.24, 2.45) is 39.4 Å². The van der Waals surface area contributed by atoms with Gasteiger partial charge in [-0.05, 0) is 117 Å². The van der Waals surface area contributed by atoms with Gasteiger partial charge in [0.05, 0.1) is 6.10 Å². The Balaban J connectivity index is 1.66. The molecular formula is C30H50O2. The molecule has 0 saturated heterocycles. The molecule has 2 nitrogen and oxygen atoms in total. The summed E-state index contributed by atoms with van der Waals surface area (Å²) in [6.45, 7) is 17.1. The zero-order valence-electron chi connectivity index (χ0n) is 22.1. The highest BCUT2D eigenvalue weighted by atomic mass is 16.3. The van der Waals surface area contributed by atoms with Crippen LogP contribution in [-0.2, 0) is 0 Å². The van der Waals surface area contributed by atoms with Gasteiger partial charge in [0.2, 0.25) is 0 Å². The lowest BCUT2D eigenvalue weighted by Crippen LogP contribution is -2.55. The number of hydrogen-bond acceptors (Lipinski definition) is 2. The summed E-state index contributed by atoms with van der Waals surface area (Å²) in [5, 5.41) is 21.2. The van der Waals surface area contributed by atoms with Gasteiger partial charge in [-0.25, -0.2) is 0 Å². The van der Waals surface area contributed by atoms with Crippen LogP contribution >= 0.6 is 0 Å². The van der Waals surface area contributed by atoms with E-state index < -0.39 is 0 Å². The minimum atomic E-state index is -0.158. The summed E-state index contributed by atoms with van der Waals surface area (Å²) >= 11 is 0. The van der Waals surface area contributed by atoms with Crippen LogP contribution in [0.4, 0.5) is 0 Å². The van der Waals surface area contributed by atoms with E-state index in [4.69, 9.17) is 0 Å². The molecule has 182 valence electrons. The molecule has 0 amide bonds. The van der Waals surface area contributed by atoms with Crippen LogP contribution in [0.5, 0.6) is 0 Å². The average Bonchev–Trinajstić information content (AvgIpc) is 3.00. The standard InChI is InChI=1S/C30H50O2/c1-20(2)9-8-10-21(19-31)22-13-17-30(7)24-11-12-25-27(3,4)26(32)15-16-28(25,5)23(24)14-18-29(22,30)6/h9,21-22,25-26,31-32H,8,10-19H2,1-7H3/t21-,22+,25-,26-,28+,29+,30-/m0/s1. The first-order valence-electron chi connectivity index (χ1n) is 13.6. The van der Waals surface area contributed by atoms with Crippen LogP contribution in [0, 0.1) is 39.4 Å². The molecule has 2 saturated carbocycles. The zero-order chi connectivity index (χ0) is 23.5. The molecular weight excluding hydrogens is 392 g/mol. The van der Waals surface area contributed by atoms with E-state index in [0.29, 0.717) is 29.8 Å². The third-order valence-electron chi connectivity index (χ3n) is 11.7. The van der Waals surface area contributed by atoms with Gasteiger partial charge in [-0.1, -0.05) is 57.4 Å². The molecule has 0 bridgehead atoms. The van der Waals surface area contributed by atoms with E-state index in [-0.39, 0.29) is 22.3 Å². The Bertz CT molecular complexity index is 787. The van der Waals surface area contributed by atoms with Crippen LogP contribution < -0.4 is 0 Å². The topological polar surface area (TPSA) is 40.5 Å². The second-order valence-electron chi connectivity index (χ2n) is 13.5. The number of allylic oxidation sites excluding steroid dienone is 4. The highest BCUT2D eigenvalue weighted by Gasteiger charge is 2.63. The number of aliphatic hydroxyl groups excluding tert-OH is 2. The van der Waals surface area contributed by atoms with E-state index >= 15 is 0 Å². The van der Waals surface area contributed by atoms with E-state index in [1.807, 2.05) is 0 Å². The SMILES string of the molecule is CC(C)=CCC[C@@H](CO)[C@H]1CC[C@@]2(C)C3=C(CC[C@]12C)[C@@]1(C)CC[C@H](O)C(C)(C)[C@@H]1CC3. The van der Waals surface area contributed by atoms with Gasteiger partial charge in [0.1, 0.15) is 0 Å². The van der Waals surface area contributed by atoms with E-state index in [0.717, 1.165) is 25.7 Å². The summed E-state index contributed by atoms with van der Waals surface area (Å²) < 4.78 is 0. The van der Waals surface area contributed by atoms with Crippen LogP contribution in [0.15, 0.2) is 22.8 Å². The normalized spacial score (nSPS) is 43.8. The first-order valence-corrected chi connectivity index (χ1v) is 13.6. The summed E-state index contributed by atoms with van der Waals surface area (Å²) in [6, 6.07) is 0. The minimum Gasteiger partial charge on any atom is -0.396 e. The van der Waals surface area contributed by atoms with Crippen LogP contribution in [0.3, 0.4) is 0 Å². The second-order valence-corrected chi connectivity index (χ2v) is 13.5. The summed E-state index contributed by atoms with van der Waals surface area (Å²) in [4.78, 5) is 0. The quantitative estimate of drug-likeness (QED) is 0.434. The molecule has 0 heterocycles. The van der Waals surface area contributed by atoms with Crippen molar-refractivity contribution >= 4 is 0 Å². The van der Waals surface area contributed by atoms with Gasteiger partial charge < -0.3 is 10.2 Å². The summed E-state index contributed by atoms with van der Waals surface area (Å²) in [5.74, 6) is 1.65. The number of fused-ring (bicyclic) bond motifs is 4. The molecule has 0 aromatic rings. The van der Waals surface area contributed by atoms with Gasteiger partial charge in [-0.2, -0.15) is 0 Å². The van der Waals surface area contributed by atoms with Crippen LogP contribution in [-0.4, -0.2) is 22.9 Å². The first-order chi connectivity index (χ1) is 14.9. The third-order valence-corrected chi connectivity index (χ3v) is 11.7. The van der Waals surface area contributed by atoms with Gasteiger partial charge in [-0.15, -0.1) is 0 Å². The maximum Gasteiger partial charge on any atom is 0.0594 e. The Kier molecular flexibility index (Phi) is 6.33. The van der Waals surface area contributed by atoms with Crippen molar-refractivity contribution in [2.75, 3.05) is 6.61 Å². The number of aliphatic hydroxyl groups is 2. The Hall–Kier alpha value is -0.600. The van der Waals surface area contributed by atoms with Crippen molar-refractivity contribution in [3.63, 3.8) is 0 Å². The maximum atomic E-state index is 10.8. The fraction of sp³-hybridized carbons (Fsp3) is 0.867. The Morgan fingerprint density at radius 2 is 1.69 bits per heavy atom. The molecule has 4 aliphatic carbocycles. The number of rotatable bonds is 5. The van der Waals surface area contributed by atoms with E-state index in [2.05, 4.69) is 54.5 Å². The highest BCUT2D eigenvalue weighted by molar-refractivity contribution is 5.38. The predicted octanol–water partition coefficient (Wildman–Crippen LogP) is 7.45. The molecule has 2 fully saturated rings. The highest BCUT2D eigenvalue weighted by Crippen LogP contribution is 2.72. The van der Waals surface area contributed by atoms with Crippen molar-refractivity contribution < 1.29 is 10.2 Å². The van der Waals surface area contributed by atoms with Crippen LogP contribution in [0.2, 0.25) is 0 Å². The van der Waals surface area contributed by atoms with Crippen molar-refractivity contribution in [1.29, 1.82) is 0 Å². The maximum absolute atomic E-state index is 10.8. The molecule has 2 N–H and O–H groups in total. The third kappa shape index (κ3) is 3.41. The van der Waals surface area contributed by atoms with Crippen molar-refractivity contribution in [3.8, 4) is 0 Å². The number of hydrogen-bond donors (Lipinski definition) is 2. The molecule has 0 aliphatic heterocycles. The smallest absolute Gasteiger partial charge is 0.0594 e. The molecule has 32 heavy (non-hydrogen) atoms. The molecule has 4 aliphatic rings. The first kappa shape index (κ1) is 24.5. The monoisotopic (exact) mass is 442 g/mol. The summed E-state index contributed by atoms with van der Waals surface area (Å²) in [5.41, 5.74) is 5.85. The molecule has 0 aromatic heterocycles. The van der Waals surface area contributed by atoms with E-state index in [1.54, 1.807) is 11.1 Å².